The van der Waals surface area contributed by atoms with Crippen LogP contribution in [0.5, 0.6) is 0 Å². The normalized spacial score (nSPS) is 25.3. The van der Waals surface area contributed by atoms with E-state index in [9.17, 15) is 9.59 Å². The van der Waals surface area contributed by atoms with Crippen molar-refractivity contribution >= 4 is 17.6 Å². The average Bonchev–Trinajstić information content (AvgIpc) is 2.21. The maximum absolute atomic E-state index is 11.4. The average molecular weight is 201 g/mol. The Morgan fingerprint density at radius 3 is 2.93 bits per heavy atom. The summed E-state index contributed by atoms with van der Waals surface area (Å²) in [6.07, 6.45) is -1.16. The van der Waals surface area contributed by atoms with Crippen LogP contribution in [-0.2, 0) is 14.3 Å². The van der Waals surface area contributed by atoms with E-state index in [2.05, 4.69) is 10.5 Å². The molecule has 1 aliphatic heterocycles. The molecule has 78 valence electrons. The van der Waals surface area contributed by atoms with Gasteiger partial charge in [0.1, 0.15) is 6.61 Å². The molecule has 0 spiro atoms. The van der Waals surface area contributed by atoms with Crippen molar-refractivity contribution in [2.24, 2.45) is 5.16 Å². The molecule has 14 heavy (non-hydrogen) atoms. The van der Waals surface area contributed by atoms with Gasteiger partial charge in [0.2, 0.25) is 6.10 Å². The first kappa shape index (κ1) is 10.5. The predicted octanol–water partition coefficient (Wildman–Crippen LogP) is -1.62. The lowest BCUT2D eigenvalue weighted by Crippen LogP contribution is -2.54. The summed E-state index contributed by atoms with van der Waals surface area (Å²) in [4.78, 5) is 23.7. The number of carbonyl (C=O) groups excluding carboxylic acids is 2. The third-order valence-corrected chi connectivity index (χ3v) is 1.92. The predicted molar refractivity (Wildman–Crippen MR) is 45.8 cm³/mol. The second-order valence-corrected chi connectivity index (χ2v) is 2.72. The zero-order valence-electron chi connectivity index (χ0n) is 7.85. The van der Waals surface area contributed by atoms with Gasteiger partial charge < -0.3 is 15.3 Å². The highest BCUT2D eigenvalue weighted by molar-refractivity contribution is 6.11. The molecule has 1 aliphatic rings. The van der Waals surface area contributed by atoms with Crippen molar-refractivity contribution in [3.63, 3.8) is 0 Å². The molecule has 2 N–H and O–H groups in total. The number of likely N-dealkylation sites (N-methyl/N-ethyl adjacent to an activating group) is 2. The van der Waals surface area contributed by atoms with Gasteiger partial charge in [0.25, 0.3) is 11.8 Å². The summed E-state index contributed by atoms with van der Waals surface area (Å²) in [6, 6.07) is 0. The minimum atomic E-state index is -1.16. The molecule has 0 aromatic heterocycles. The van der Waals surface area contributed by atoms with Gasteiger partial charge in [-0.3, -0.25) is 14.5 Å². The maximum atomic E-state index is 11.4. The van der Waals surface area contributed by atoms with Crippen molar-refractivity contribution in [1.29, 1.82) is 0 Å². The van der Waals surface area contributed by atoms with E-state index in [0.29, 0.717) is 0 Å². The van der Waals surface area contributed by atoms with E-state index in [1.807, 2.05) is 0 Å². The van der Waals surface area contributed by atoms with E-state index in [1.165, 1.54) is 14.1 Å². The highest BCUT2D eigenvalue weighted by atomic mass is 16.5. The van der Waals surface area contributed by atoms with Gasteiger partial charge in [-0.2, -0.15) is 0 Å². The third-order valence-electron chi connectivity index (χ3n) is 1.92. The molecule has 0 aromatic carbocycles. The lowest BCUT2D eigenvalue weighted by molar-refractivity contribution is -0.150. The highest BCUT2D eigenvalue weighted by Gasteiger charge is 2.36. The summed E-state index contributed by atoms with van der Waals surface area (Å²) in [5.74, 6) is -0.989. The number of rotatable bonds is 1. The quantitative estimate of drug-likeness (QED) is 0.303. The Kier molecular flexibility index (Phi) is 3.03. The molecule has 1 fully saturated rings. The molecule has 1 unspecified atom stereocenters. The Morgan fingerprint density at radius 2 is 2.43 bits per heavy atom. The molecule has 1 heterocycles. The Morgan fingerprint density at radius 1 is 1.79 bits per heavy atom. The number of ether oxygens (including phenoxy) is 1. The summed E-state index contributed by atoms with van der Waals surface area (Å²) < 4.78 is 4.92. The Hall–Kier alpha value is -1.63. The summed E-state index contributed by atoms with van der Waals surface area (Å²) >= 11 is 0. The van der Waals surface area contributed by atoms with E-state index in [4.69, 9.17) is 9.94 Å². The first-order valence-electron chi connectivity index (χ1n) is 3.93. The van der Waals surface area contributed by atoms with Crippen LogP contribution in [0.2, 0.25) is 0 Å². The van der Waals surface area contributed by atoms with E-state index in [0.717, 1.165) is 4.90 Å². The van der Waals surface area contributed by atoms with Crippen LogP contribution in [0.4, 0.5) is 0 Å². The molecule has 0 saturated carbocycles. The molecule has 0 aromatic rings. The number of carbonyl (C=O) groups is 2. The number of hydrogen-bond donors (Lipinski definition) is 2. The Balaban J connectivity index is 2.79. The number of amides is 2. The first-order valence-corrected chi connectivity index (χ1v) is 3.93. The summed E-state index contributed by atoms with van der Waals surface area (Å²) in [5.41, 5.74) is 0. The van der Waals surface area contributed by atoms with Gasteiger partial charge >= 0.3 is 0 Å². The van der Waals surface area contributed by atoms with Crippen molar-refractivity contribution in [3.8, 4) is 0 Å². The van der Waals surface area contributed by atoms with Crippen molar-refractivity contribution in [2.45, 2.75) is 6.10 Å². The van der Waals surface area contributed by atoms with E-state index >= 15 is 0 Å². The molecule has 0 bridgehead atoms. The summed E-state index contributed by atoms with van der Waals surface area (Å²) in [5, 5.41) is 13.6. The molecule has 0 aliphatic carbocycles. The van der Waals surface area contributed by atoms with E-state index in [-0.39, 0.29) is 12.4 Å². The summed E-state index contributed by atoms with van der Waals surface area (Å²) in [6.45, 7) is -0.0726. The highest BCUT2D eigenvalue weighted by Crippen LogP contribution is 2.07. The molecule has 1 rings (SSSR count). The van der Waals surface area contributed by atoms with Crippen molar-refractivity contribution < 1.29 is 19.5 Å². The number of oxime groups is 1. The molecule has 2 amide bonds. The monoisotopic (exact) mass is 201 g/mol. The second kappa shape index (κ2) is 4.05. The molecule has 7 nitrogen and oxygen atoms in total. The van der Waals surface area contributed by atoms with Crippen molar-refractivity contribution in [1.82, 2.24) is 10.2 Å². The number of nitrogens with zero attached hydrogens (tertiary/aromatic N) is 2. The first-order chi connectivity index (χ1) is 6.61. The van der Waals surface area contributed by atoms with Crippen molar-refractivity contribution in [2.75, 3.05) is 20.7 Å². The maximum Gasteiger partial charge on any atom is 0.266 e. The van der Waals surface area contributed by atoms with Crippen LogP contribution in [0, 0.1) is 0 Å². The fourth-order valence-electron chi connectivity index (χ4n) is 1.04. The number of morpholine rings is 1. The Labute approximate surface area is 80.3 Å². The molecule has 1 atom stereocenters. The topological polar surface area (TPSA) is 91.2 Å². The molecule has 1 saturated heterocycles. The van der Waals surface area contributed by atoms with Crippen LogP contribution in [0.1, 0.15) is 0 Å². The van der Waals surface area contributed by atoms with Crippen LogP contribution >= 0.6 is 0 Å². The van der Waals surface area contributed by atoms with Gasteiger partial charge in [-0.05, 0) is 0 Å². The molecule has 0 radical (unpaired) electrons. The van der Waals surface area contributed by atoms with Gasteiger partial charge in [0.15, 0.2) is 5.84 Å². The van der Waals surface area contributed by atoms with Gasteiger partial charge in [-0.15, -0.1) is 0 Å². The molecule has 7 heteroatoms. The van der Waals surface area contributed by atoms with E-state index < -0.39 is 17.9 Å². The van der Waals surface area contributed by atoms with Crippen LogP contribution in [0.3, 0.4) is 0 Å². The van der Waals surface area contributed by atoms with Crippen LogP contribution in [-0.4, -0.2) is 54.6 Å². The van der Waals surface area contributed by atoms with Crippen molar-refractivity contribution in [3.05, 3.63) is 0 Å². The lowest BCUT2D eigenvalue weighted by Gasteiger charge is -2.28. The molecular formula is C7H11N3O4. The summed E-state index contributed by atoms with van der Waals surface area (Å²) in [7, 11) is 2.82. The number of amidine groups is 1. The van der Waals surface area contributed by atoms with Crippen LogP contribution < -0.4 is 5.32 Å². The largest absolute Gasteiger partial charge is 0.409 e. The SMILES string of the molecule is CNC(=O)C1OCC(=NO)N(C)C1=O. The third kappa shape index (κ3) is 1.67. The lowest BCUT2D eigenvalue weighted by atomic mass is 10.2. The standard InChI is InChI=1S/C7H11N3O4/c1-8-6(11)5-7(12)10(2)4(9-13)3-14-5/h5,13H,3H2,1-2H3,(H,8,11). The number of nitrogens with one attached hydrogen (secondary N) is 1. The zero-order valence-corrected chi connectivity index (χ0v) is 7.85. The van der Waals surface area contributed by atoms with Crippen LogP contribution in [0.25, 0.3) is 0 Å². The fraction of sp³-hybridized carbons (Fsp3) is 0.571. The number of hydrogen-bond acceptors (Lipinski definition) is 5. The second-order valence-electron chi connectivity index (χ2n) is 2.72. The van der Waals surface area contributed by atoms with Gasteiger partial charge in [-0.25, -0.2) is 0 Å². The molecular weight excluding hydrogens is 190 g/mol. The van der Waals surface area contributed by atoms with Gasteiger partial charge in [0.05, 0.1) is 0 Å². The minimum absolute atomic E-state index is 0.0726. The van der Waals surface area contributed by atoms with E-state index in [1.54, 1.807) is 0 Å². The Bertz CT molecular complexity index is 289. The van der Waals surface area contributed by atoms with Gasteiger partial charge in [-0.1, -0.05) is 5.16 Å². The minimum Gasteiger partial charge on any atom is -0.409 e. The van der Waals surface area contributed by atoms with Crippen LogP contribution in [0.15, 0.2) is 5.16 Å². The smallest absolute Gasteiger partial charge is 0.266 e. The zero-order chi connectivity index (χ0) is 10.7. The fourth-order valence-corrected chi connectivity index (χ4v) is 1.04. The van der Waals surface area contributed by atoms with Gasteiger partial charge in [0, 0.05) is 14.1 Å².